The van der Waals surface area contributed by atoms with E-state index in [1.54, 1.807) is 0 Å². The van der Waals surface area contributed by atoms with E-state index in [1.807, 2.05) is 6.92 Å². The maximum absolute atomic E-state index is 12.7. The van der Waals surface area contributed by atoms with Gasteiger partial charge in [-0.05, 0) is 36.1 Å². The van der Waals surface area contributed by atoms with Crippen molar-refractivity contribution in [3.8, 4) is 5.75 Å². The molecule has 0 fully saturated rings. The van der Waals surface area contributed by atoms with Crippen LogP contribution in [0.3, 0.4) is 0 Å². The van der Waals surface area contributed by atoms with Crippen molar-refractivity contribution in [2.24, 2.45) is 5.92 Å². The predicted octanol–water partition coefficient (Wildman–Crippen LogP) is 1.70. The maximum atomic E-state index is 12.7. The Kier molecular flexibility index (Phi) is 3.25. The fourth-order valence-electron chi connectivity index (χ4n) is 1.16. The fraction of sp³-hybridized carbons (Fsp3) is 0.400. The molecule has 72 valence electrons. The first-order valence-corrected chi connectivity index (χ1v) is 4.21. The fourth-order valence-corrected chi connectivity index (χ4v) is 1.16. The van der Waals surface area contributed by atoms with E-state index in [0.717, 1.165) is 0 Å². The van der Waals surface area contributed by atoms with Gasteiger partial charge in [0.2, 0.25) is 0 Å². The van der Waals surface area contributed by atoms with Crippen LogP contribution < -0.4 is 0 Å². The summed E-state index contributed by atoms with van der Waals surface area (Å²) in [7, 11) is 0. The van der Waals surface area contributed by atoms with Crippen LogP contribution >= 0.6 is 0 Å². The number of aromatic hydroxyl groups is 1. The molecule has 1 unspecified atom stereocenters. The Morgan fingerprint density at radius 3 is 2.77 bits per heavy atom. The molecule has 2 N–H and O–H groups in total. The van der Waals surface area contributed by atoms with Crippen molar-refractivity contribution in [1.82, 2.24) is 0 Å². The summed E-state index contributed by atoms with van der Waals surface area (Å²) in [4.78, 5) is 0. The smallest absolute Gasteiger partial charge is 0.123 e. The average molecular weight is 184 g/mol. The highest BCUT2D eigenvalue weighted by Crippen LogP contribution is 2.20. The second kappa shape index (κ2) is 4.23. The molecule has 2 nitrogen and oxygen atoms in total. The lowest BCUT2D eigenvalue weighted by atomic mass is 10.0. The van der Waals surface area contributed by atoms with Crippen molar-refractivity contribution in [1.29, 1.82) is 0 Å². The summed E-state index contributed by atoms with van der Waals surface area (Å²) < 4.78 is 12.7. The summed E-state index contributed by atoms with van der Waals surface area (Å²) in [5.74, 6) is -0.243. The molecule has 0 saturated heterocycles. The molecule has 0 aliphatic carbocycles. The summed E-state index contributed by atoms with van der Waals surface area (Å²) >= 11 is 0. The van der Waals surface area contributed by atoms with Crippen LogP contribution in [0.4, 0.5) is 4.39 Å². The highest BCUT2D eigenvalue weighted by Gasteiger charge is 2.07. The Hall–Kier alpha value is -1.09. The number of hydrogen-bond donors (Lipinski definition) is 2. The highest BCUT2D eigenvalue weighted by molar-refractivity contribution is 5.32. The molecule has 13 heavy (non-hydrogen) atoms. The average Bonchev–Trinajstić information content (AvgIpc) is 2.11. The molecule has 1 aromatic rings. The molecule has 0 aromatic heterocycles. The number of halogens is 1. The Bertz CT molecular complexity index is 286. The van der Waals surface area contributed by atoms with E-state index >= 15 is 0 Å². The first-order valence-electron chi connectivity index (χ1n) is 4.21. The van der Waals surface area contributed by atoms with Gasteiger partial charge in [0.25, 0.3) is 0 Å². The molecule has 3 heteroatoms. The van der Waals surface area contributed by atoms with Gasteiger partial charge >= 0.3 is 0 Å². The first kappa shape index (κ1) is 9.99. The third-order valence-corrected chi connectivity index (χ3v) is 1.92. The quantitative estimate of drug-likeness (QED) is 0.750. The number of aliphatic hydroxyl groups is 1. The van der Waals surface area contributed by atoms with Gasteiger partial charge in [-0.15, -0.1) is 0 Å². The zero-order valence-corrected chi connectivity index (χ0v) is 7.50. The number of phenolic OH excluding ortho intramolecular Hbond substituents is 1. The Balaban J connectivity index is 2.81. The van der Waals surface area contributed by atoms with E-state index in [4.69, 9.17) is 5.11 Å². The zero-order valence-electron chi connectivity index (χ0n) is 7.50. The van der Waals surface area contributed by atoms with Gasteiger partial charge in [-0.2, -0.15) is 0 Å². The minimum absolute atomic E-state index is 0.0349. The van der Waals surface area contributed by atoms with Crippen molar-refractivity contribution in [2.75, 3.05) is 6.61 Å². The topological polar surface area (TPSA) is 40.5 Å². The third-order valence-electron chi connectivity index (χ3n) is 1.92. The van der Waals surface area contributed by atoms with Gasteiger partial charge < -0.3 is 10.2 Å². The van der Waals surface area contributed by atoms with Crippen molar-refractivity contribution >= 4 is 0 Å². The predicted molar refractivity (Wildman–Crippen MR) is 48.0 cm³/mol. The summed E-state index contributed by atoms with van der Waals surface area (Å²) in [5, 5.41) is 18.1. The van der Waals surface area contributed by atoms with Crippen molar-refractivity contribution in [3.63, 3.8) is 0 Å². The van der Waals surface area contributed by atoms with Crippen LogP contribution in [-0.2, 0) is 6.42 Å². The molecule has 0 saturated carbocycles. The number of hydrogen-bond acceptors (Lipinski definition) is 2. The SMILES string of the molecule is CC(CO)Cc1cc(F)ccc1O. The van der Waals surface area contributed by atoms with Crippen LogP contribution in [0.5, 0.6) is 5.75 Å². The number of benzene rings is 1. The highest BCUT2D eigenvalue weighted by atomic mass is 19.1. The van der Waals surface area contributed by atoms with Gasteiger partial charge in [0.05, 0.1) is 0 Å². The van der Waals surface area contributed by atoms with E-state index < -0.39 is 0 Å². The molecule has 0 heterocycles. The number of phenols is 1. The molecule has 1 atom stereocenters. The minimum Gasteiger partial charge on any atom is -0.508 e. The van der Waals surface area contributed by atoms with Crippen molar-refractivity contribution < 1.29 is 14.6 Å². The summed E-state index contributed by atoms with van der Waals surface area (Å²) in [6.45, 7) is 1.88. The van der Waals surface area contributed by atoms with Crippen LogP contribution in [0.2, 0.25) is 0 Å². The second-order valence-electron chi connectivity index (χ2n) is 3.26. The van der Waals surface area contributed by atoms with Gasteiger partial charge in [0.1, 0.15) is 11.6 Å². The lowest BCUT2D eigenvalue weighted by Crippen LogP contribution is -2.04. The molecule has 1 rings (SSSR count). The van der Waals surface area contributed by atoms with Gasteiger partial charge in [0, 0.05) is 6.61 Å². The van der Waals surface area contributed by atoms with Crippen molar-refractivity contribution in [3.05, 3.63) is 29.6 Å². The van der Waals surface area contributed by atoms with Gasteiger partial charge in [0.15, 0.2) is 0 Å². The molecule has 1 aromatic carbocycles. The monoisotopic (exact) mass is 184 g/mol. The molecule has 0 amide bonds. The Morgan fingerprint density at radius 1 is 1.46 bits per heavy atom. The molecule has 0 bridgehead atoms. The molecular weight excluding hydrogens is 171 g/mol. The number of aliphatic hydroxyl groups excluding tert-OH is 1. The standard InChI is InChI=1S/C10H13FO2/c1-7(6-12)4-8-5-9(11)2-3-10(8)13/h2-3,5,7,12-13H,4,6H2,1H3. The van der Waals surface area contributed by atoms with Gasteiger partial charge in [-0.25, -0.2) is 4.39 Å². The van der Waals surface area contributed by atoms with E-state index in [2.05, 4.69) is 0 Å². The molecule has 0 aliphatic rings. The Morgan fingerprint density at radius 2 is 2.15 bits per heavy atom. The Labute approximate surface area is 76.6 Å². The van der Waals surface area contributed by atoms with Gasteiger partial charge in [-0.1, -0.05) is 6.92 Å². The maximum Gasteiger partial charge on any atom is 0.123 e. The second-order valence-corrected chi connectivity index (χ2v) is 3.26. The van der Waals surface area contributed by atoms with Crippen LogP contribution in [0, 0.1) is 11.7 Å². The molecular formula is C10H13FO2. The third kappa shape index (κ3) is 2.70. The lowest BCUT2D eigenvalue weighted by molar-refractivity contribution is 0.236. The summed E-state index contributed by atoms with van der Waals surface area (Å²) in [6, 6.07) is 3.83. The van der Waals surface area contributed by atoms with Crippen LogP contribution in [0.25, 0.3) is 0 Å². The normalized spacial score (nSPS) is 12.8. The molecule has 0 aliphatic heterocycles. The first-order chi connectivity index (χ1) is 6.13. The zero-order chi connectivity index (χ0) is 9.84. The van der Waals surface area contributed by atoms with Crippen LogP contribution in [0.1, 0.15) is 12.5 Å². The van der Waals surface area contributed by atoms with Crippen LogP contribution in [0.15, 0.2) is 18.2 Å². The number of rotatable bonds is 3. The molecule has 0 radical (unpaired) electrons. The summed E-state index contributed by atoms with van der Waals surface area (Å²) in [6.07, 6.45) is 0.486. The minimum atomic E-state index is -0.363. The largest absolute Gasteiger partial charge is 0.508 e. The summed E-state index contributed by atoms with van der Waals surface area (Å²) in [5.41, 5.74) is 0.543. The lowest BCUT2D eigenvalue weighted by Gasteiger charge is -2.09. The van der Waals surface area contributed by atoms with Gasteiger partial charge in [-0.3, -0.25) is 0 Å². The van der Waals surface area contributed by atoms with E-state index in [9.17, 15) is 9.50 Å². The van der Waals surface area contributed by atoms with E-state index in [0.29, 0.717) is 12.0 Å². The van der Waals surface area contributed by atoms with Crippen molar-refractivity contribution in [2.45, 2.75) is 13.3 Å². The van der Waals surface area contributed by atoms with Crippen LogP contribution in [-0.4, -0.2) is 16.8 Å². The van der Waals surface area contributed by atoms with E-state index in [-0.39, 0.29) is 24.1 Å². The van der Waals surface area contributed by atoms with E-state index in [1.165, 1.54) is 18.2 Å². The molecule has 0 spiro atoms.